The minimum atomic E-state index is -0.475. The molecule has 0 saturated heterocycles. The number of non-ortho nitro benzene ring substituents is 1. The van der Waals surface area contributed by atoms with Crippen molar-refractivity contribution in [3.8, 4) is 0 Å². The van der Waals surface area contributed by atoms with Gasteiger partial charge in [-0.15, -0.1) is 0 Å². The molecule has 5 heteroatoms. The summed E-state index contributed by atoms with van der Waals surface area (Å²) in [5.74, 6) is -0.0911. The fourth-order valence-electron chi connectivity index (χ4n) is 1.63. The van der Waals surface area contributed by atoms with Crippen molar-refractivity contribution in [1.82, 2.24) is 0 Å². The lowest BCUT2D eigenvalue weighted by atomic mass is 10.1. The van der Waals surface area contributed by atoms with E-state index in [4.69, 9.17) is 0 Å². The number of amides is 1. The quantitative estimate of drug-likeness (QED) is 0.457. The fraction of sp³-hybridized carbons (Fsp3) is 0.462. The molecular weight excluding hydrogens is 232 g/mol. The summed E-state index contributed by atoms with van der Waals surface area (Å²) in [7, 11) is 0. The van der Waals surface area contributed by atoms with Crippen molar-refractivity contribution in [2.24, 2.45) is 0 Å². The van der Waals surface area contributed by atoms with Gasteiger partial charge in [0, 0.05) is 24.2 Å². The topological polar surface area (TPSA) is 72.2 Å². The first-order valence-electron chi connectivity index (χ1n) is 6.17. The van der Waals surface area contributed by atoms with E-state index in [1.54, 1.807) is 12.1 Å². The van der Waals surface area contributed by atoms with Crippen molar-refractivity contribution >= 4 is 17.3 Å². The minimum Gasteiger partial charge on any atom is -0.326 e. The molecule has 0 unspecified atom stereocenters. The van der Waals surface area contributed by atoms with Gasteiger partial charge in [-0.1, -0.05) is 32.3 Å². The molecule has 0 spiro atoms. The Bertz CT molecular complexity index is 418. The predicted octanol–water partition coefficient (Wildman–Crippen LogP) is 3.50. The minimum absolute atomic E-state index is 0.0150. The molecule has 18 heavy (non-hydrogen) atoms. The second kappa shape index (κ2) is 7.42. The number of anilines is 1. The van der Waals surface area contributed by atoms with Gasteiger partial charge in [0.1, 0.15) is 0 Å². The third kappa shape index (κ3) is 4.95. The highest BCUT2D eigenvalue weighted by atomic mass is 16.6. The third-order valence-corrected chi connectivity index (χ3v) is 2.60. The van der Waals surface area contributed by atoms with Gasteiger partial charge in [-0.25, -0.2) is 0 Å². The Morgan fingerprint density at radius 3 is 2.78 bits per heavy atom. The lowest BCUT2D eigenvalue weighted by Crippen LogP contribution is -2.11. The van der Waals surface area contributed by atoms with Crippen molar-refractivity contribution in [3.05, 3.63) is 34.4 Å². The van der Waals surface area contributed by atoms with Crippen molar-refractivity contribution in [3.63, 3.8) is 0 Å². The number of nitro benzene ring substituents is 1. The van der Waals surface area contributed by atoms with E-state index < -0.39 is 4.92 Å². The number of nitrogens with zero attached hydrogens (tertiary/aromatic N) is 1. The van der Waals surface area contributed by atoms with Crippen molar-refractivity contribution in [1.29, 1.82) is 0 Å². The molecule has 0 heterocycles. The zero-order valence-corrected chi connectivity index (χ0v) is 10.5. The standard InChI is InChI=1S/C13H18N2O3/c1-2-3-4-5-9-13(16)14-11-7-6-8-12(10-11)15(17)18/h6-8,10H,2-5,9H2,1H3,(H,14,16). The molecule has 1 aromatic rings. The molecule has 5 nitrogen and oxygen atoms in total. The maximum Gasteiger partial charge on any atom is 0.271 e. The van der Waals surface area contributed by atoms with Gasteiger partial charge in [-0.05, 0) is 12.5 Å². The van der Waals surface area contributed by atoms with Crippen LogP contribution in [-0.2, 0) is 4.79 Å². The summed E-state index contributed by atoms with van der Waals surface area (Å²) in [6, 6.07) is 5.97. The smallest absolute Gasteiger partial charge is 0.271 e. The Labute approximate surface area is 106 Å². The first kappa shape index (κ1) is 14.2. The Kier molecular flexibility index (Phi) is 5.84. The van der Waals surface area contributed by atoms with Gasteiger partial charge in [0.15, 0.2) is 0 Å². The van der Waals surface area contributed by atoms with Crippen LogP contribution in [0.4, 0.5) is 11.4 Å². The maximum absolute atomic E-state index is 11.6. The summed E-state index contributed by atoms with van der Waals surface area (Å²) >= 11 is 0. The van der Waals surface area contributed by atoms with Gasteiger partial charge in [0.2, 0.25) is 5.91 Å². The SMILES string of the molecule is CCCCCCC(=O)Nc1cccc([N+](=O)[O-])c1. The van der Waals surface area contributed by atoms with Gasteiger partial charge in [-0.3, -0.25) is 14.9 Å². The average molecular weight is 250 g/mol. The van der Waals surface area contributed by atoms with Crippen LogP contribution in [0, 0.1) is 10.1 Å². The largest absolute Gasteiger partial charge is 0.326 e. The summed E-state index contributed by atoms with van der Waals surface area (Å²) in [6.07, 6.45) is 4.62. The van der Waals surface area contributed by atoms with Crippen LogP contribution in [0.5, 0.6) is 0 Å². The zero-order valence-electron chi connectivity index (χ0n) is 10.5. The van der Waals surface area contributed by atoms with Crippen LogP contribution in [0.1, 0.15) is 39.0 Å². The number of carbonyl (C=O) groups excluding carboxylic acids is 1. The highest BCUT2D eigenvalue weighted by Crippen LogP contribution is 2.17. The molecule has 0 aliphatic rings. The van der Waals surface area contributed by atoms with Crippen LogP contribution >= 0.6 is 0 Å². The summed E-state index contributed by atoms with van der Waals surface area (Å²) in [4.78, 5) is 21.7. The van der Waals surface area contributed by atoms with E-state index in [9.17, 15) is 14.9 Å². The first-order valence-corrected chi connectivity index (χ1v) is 6.17. The molecule has 1 rings (SSSR count). The van der Waals surface area contributed by atoms with Crippen LogP contribution < -0.4 is 5.32 Å². The highest BCUT2D eigenvalue weighted by Gasteiger charge is 2.07. The molecule has 0 saturated carbocycles. The third-order valence-electron chi connectivity index (χ3n) is 2.60. The van der Waals surface area contributed by atoms with Gasteiger partial charge >= 0.3 is 0 Å². The molecule has 1 amide bonds. The van der Waals surface area contributed by atoms with Gasteiger partial charge in [0.25, 0.3) is 5.69 Å². The molecule has 0 radical (unpaired) electrons. The zero-order chi connectivity index (χ0) is 13.4. The van der Waals surface area contributed by atoms with Gasteiger partial charge in [0.05, 0.1) is 4.92 Å². The highest BCUT2D eigenvalue weighted by molar-refractivity contribution is 5.90. The van der Waals surface area contributed by atoms with E-state index in [1.807, 2.05) is 0 Å². The van der Waals surface area contributed by atoms with Crippen molar-refractivity contribution in [2.45, 2.75) is 39.0 Å². The number of rotatable bonds is 7. The summed E-state index contributed by atoms with van der Waals surface area (Å²) in [6.45, 7) is 2.11. The van der Waals surface area contributed by atoms with E-state index in [0.29, 0.717) is 12.1 Å². The Morgan fingerprint density at radius 1 is 1.33 bits per heavy atom. The second-order valence-corrected chi connectivity index (χ2v) is 4.17. The lowest BCUT2D eigenvalue weighted by Gasteiger charge is -2.04. The average Bonchev–Trinajstić information content (AvgIpc) is 2.35. The molecule has 0 aliphatic carbocycles. The molecule has 1 aromatic carbocycles. The van der Waals surface area contributed by atoms with E-state index in [2.05, 4.69) is 12.2 Å². The van der Waals surface area contributed by atoms with E-state index in [1.165, 1.54) is 12.1 Å². The molecular formula is C13H18N2O3. The number of carbonyl (C=O) groups is 1. The number of nitrogens with one attached hydrogen (secondary N) is 1. The Hall–Kier alpha value is -1.91. The van der Waals surface area contributed by atoms with Crippen LogP contribution in [0.3, 0.4) is 0 Å². The fourth-order valence-corrected chi connectivity index (χ4v) is 1.63. The normalized spacial score (nSPS) is 10.1. The van der Waals surface area contributed by atoms with E-state index in [-0.39, 0.29) is 11.6 Å². The maximum atomic E-state index is 11.6. The second-order valence-electron chi connectivity index (χ2n) is 4.17. The monoisotopic (exact) mass is 250 g/mol. The molecule has 0 aromatic heterocycles. The van der Waals surface area contributed by atoms with Crippen LogP contribution in [0.15, 0.2) is 24.3 Å². The summed E-state index contributed by atoms with van der Waals surface area (Å²) in [5.41, 5.74) is 0.462. The molecule has 1 N–H and O–H groups in total. The van der Waals surface area contributed by atoms with E-state index in [0.717, 1.165) is 25.7 Å². The number of unbranched alkanes of at least 4 members (excludes halogenated alkanes) is 3. The first-order chi connectivity index (χ1) is 8.63. The molecule has 98 valence electrons. The number of benzene rings is 1. The number of hydrogen-bond acceptors (Lipinski definition) is 3. The van der Waals surface area contributed by atoms with E-state index >= 15 is 0 Å². The van der Waals surface area contributed by atoms with Crippen molar-refractivity contribution in [2.75, 3.05) is 5.32 Å². The van der Waals surface area contributed by atoms with Gasteiger partial charge in [-0.2, -0.15) is 0 Å². The lowest BCUT2D eigenvalue weighted by molar-refractivity contribution is -0.384. The Balaban J connectivity index is 2.44. The van der Waals surface area contributed by atoms with Crippen LogP contribution in [0.25, 0.3) is 0 Å². The molecule has 0 fully saturated rings. The van der Waals surface area contributed by atoms with Crippen LogP contribution in [-0.4, -0.2) is 10.8 Å². The summed E-state index contributed by atoms with van der Waals surface area (Å²) < 4.78 is 0. The predicted molar refractivity (Wildman–Crippen MR) is 70.5 cm³/mol. The Morgan fingerprint density at radius 2 is 2.11 bits per heavy atom. The molecule has 0 atom stereocenters. The van der Waals surface area contributed by atoms with Crippen LogP contribution in [0.2, 0.25) is 0 Å². The van der Waals surface area contributed by atoms with Gasteiger partial charge < -0.3 is 5.32 Å². The number of nitro groups is 1. The molecule has 0 aliphatic heterocycles. The van der Waals surface area contributed by atoms with Crippen molar-refractivity contribution < 1.29 is 9.72 Å². The summed E-state index contributed by atoms with van der Waals surface area (Å²) in [5, 5.41) is 13.2. The number of hydrogen-bond donors (Lipinski definition) is 1. The molecule has 0 bridgehead atoms.